The SMILES string of the molecule is CC(C)(C)Nc1oc(-c2ccccc2)nc1-c1ccc2ccccc2c1. The lowest BCUT2D eigenvalue weighted by atomic mass is 10.0. The smallest absolute Gasteiger partial charge is 0.229 e. The summed E-state index contributed by atoms with van der Waals surface area (Å²) in [5.74, 6) is 1.33. The normalized spacial score (nSPS) is 11.7. The first-order valence-electron chi connectivity index (χ1n) is 8.83. The summed E-state index contributed by atoms with van der Waals surface area (Å²) in [4.78, 5) is 4.81. The van der Waals surface area contributed by atoms with Gasteiger partial charge in [-0.05, 0) is 49.7 Å². The molecule has 1 aromatic heterocycles. The van der Waals surface area contributed by atoms with Crippen LogP contribution >= 0.6 is 0 Å². The van der Waals surface area contributed by atoms with E-state index in [1.807, 2.05) is 30.3 Å². The van der Waals surface area contributed by atoms with E-state index in [0.29, 0.717) is 11.8 Å². The molecule has 0 atom stereocenters. The van der Waals surface area contributed by atoms with Crippen LogP contribution in [0.15, 0.2) is 77.2 Å². The Morgan fingerprint density at radius 1 is 0.769 bits per heavy atom. The predicted molar refractivity (Wildman–Crippen MR) is 108 cm³/mol. The Balaban J connectivity index is 1.85. The number of aromatic nitrogens is 1. The second kappa shape index (κ2) is 6.34. The fourth-order valence-electron chi connectivity index (χ4n) is 2.98. The van der Waals surface area contributed by atoms with Gasteiger partial charge in [0, 0.05) is 16.7 Å². The van der Waals surface area contributed by atoms with Crippen LogP contribution in [0.3, 0.4) is 0 Å². The van der Waals surface area contributed by atoms with Gasteiger partial charge in [-0.25, -0.2) is 4.98 Å². The number of anilines is 1. The Hall–Kier alpha value is -3.07. The van der Waals surface area contributed by atoms with Gasteiger partial charge in [0.15, 0.2) is 0 Å². The molecule has 26 heavy (non-hydrogen) atoms. The number of nitrogens with one attached hydrogen (secondary N) is 1. The van der Waals surface area contributed by atoms with E-state index in [9.17, 15) is 0 Å². The fourth-order valence-corrected chi connectivity index (χ4v) is 2.98. The van der Waals surface area contributed by atoms with Crippen molar-refractivity contribution in [3.05, 3.63) is 72.8 Å². The molecular formula is C23H22N2O. The molecule has 1 N–H and O–H groups in total. The monoisotopic (exact) mass is 342 g/mol. The highest BCUT2D eigenvalue weighted by Crippen LogP contribution is 2.35. The van der Waals surface area contributed by atoms with Gasteiger partial charge < -0.3 is 9.73 Å². The maximum atomic E-state index is 6.12. The molecule has 1 heterocycles. The quantitative estimate of drug-likeness (QED) is 0.470. The van der Waals surface area contributed by atoms with E-state index in [-0.39, 0.29) is 5.54 Å². The van der Waals surface area contributed by atoms with Crippen LogP contribution in [-0.4, -0.2) is 10.5 Å². The van der Waals surface area contributed by atoms with Crippen LogP contribution in [0.4, 0.5) is 5.88 Å². The van der Waals surface area contributed by atoms with Gasteiger partial charge in [-0.1, -0.05) is 54.6 Å². The third-order valence-corrected chi connectivity index (χ3v) is 4.16. The Kier molecular flexibility index (Phi) is 4.00. The second-order valence-electron chi connectivity index (χ2n) is 7.50. The molecule has 4 aromatic rings. The van der Waals surface area contributed by atoms with Crippen molar-refractivity contribution in [3.8, 4) is 22.7 Å². The molecule has 130 valence electrons. The zero-order valence-electron chi connectivity index (χ0n) is 15.3. The van der Waals surface area contributed by atoms with Gasteiger partial charge in [0.05, 0.1) is 0 Å². The average Bonchev–Trinajstić information content (AvgIpc) is 3.04. The standard InChI is InChI=1S/C23H22N2O/c1-23(2,3)25-22-20(24-21(26-22)17-10-5-4-6-11-17)19-14-13-16-9-7-8-12-18(16)15-19/h4-15,25H,1-3H3. The molecule has 0 saturated carbocycles. The number of hydrogen-bond acceptors (Lipinski definition) is 3. The molecule has 0 amide bonds. The molecule has 0 fully saturated rings. The minimum absolute atomic E-state index is 0.126. The molecule has 0 bridgehead atoms. The van der Waals surface area contributed by atoms with Crippen molar-refractivity contribution >= 4 is 16.7 Å². The first-order chi connectivity index (χ1) is 12.5. The lowest BCUT2D eigenvalue weighted by molar-refractivity contribution is 0.545. The molecule has 0 aliphatic rings. The summed E-state index contributed by atoms with van der Waals surface area (Å²) in [6.07, 6.45) is 0. The molecule has 0 spiro atoms. The molecule has 3 nitrogen and oxygen atoms in total. The van der Waals surface area contributed by atoms with E-state index in [1.54, 1.807) is 0 Å². The summed E-state index contributed by atoms with van der Waals surface area (Å²) in [6, 6.07) is 24.7. The van der Waals surface area contributed by atoms with Crippen LogP contribution in [0.5, 0.6) is 0 Å². The molecule has 0 aliphatic carbocycles. The van der Waals surface area contributed by atoms with Crippen molar-refractivity contribution in [1.29, 1.82) is 0 Å². The van der Waals surface area contributed by atoms with Crippen molar-refractivity contribution in [2.45, 2.75) is 26.3 Å². The highest BCUT2D eigenvalue weighted by Gasteiger charge is 2.21. The lowest BCUT2D eigenvalue weighted by Crippen LogP contribution is -2.26. The van der Waals surface area contributed by atoms with Crippen molar-refractivity contribution in [2.75, 3.05) is 5.32 Å². The van der Waals surface area contributed by atoms with Gasteiger partial charge in [-0.2, -0.15) is 0 Å². The third kappa shape index (κ3) is 3.33. The van der Waals surface area contributed by atoms with Crippen LogP contribution in [0.1, 0.15) is 20.8 Å². The number of hydrogen-bond donors (Lipinski definition) is 1. The van der Waals surface area contributed by atoms with Gasteiger partial charge in [0.25, 0.3) is 0 Å². The Bertz CT molecular complexity index is 1040. The minimum atomic E-state index is -0.126. The van der Waals surface area contributed by atoms with Gasteiger partial charge in [0.2, 0.25) is 11.8 Å². The topological polar surface area (TPSA) is 38.1 Å². The van der Waals surface area contributed by atoms with Crippen molar-refractivity contribution in [2.24, 2.45) is 0 Å². The van der Waals surface area contributed by atoms with Crippen LogP contribution in [0, 0.1) is 0 Å². The Morgan fingerprint density at radius 2 is 1.46 bits per heavy atom. The largest absolute Gasteiger partial charge is 0.420 e. The van der Waals surface area contributed by atoms with E-state index in [4.69, 9.17) is 9.40 Å². The van der Waals surface area contributed by atoms with E-state index in [1.165, 1.54) is 10.8 Å². The fraction of sp³-hybridized carbons (Fsp3) is 0.174. The van der Waals surface area contributed by atoms with Crippen LogP contribution in [-0.2, 0) is 0 Å². The van der Waals surface area contributed by atoms with E-state index >= 15 is 0 Å². The summed E-state index contributed by atoms with van der Waals surface area (Å²) in [5.41, 5.74) is 2.72. The highest BCUT2D eigenvalue weighted by atomic mass is 16.4. The number of fused-ring (bicyclic) bond motifs is 1. The molecule has 0 aliphatic heterocycles. The lowest BCUT2D eigenvalue weighted by Gasteiger charge is -2.20. The summed E-state index contributed by atoms with van der Waals surface area (Å²) < 4.78 is 6.12. The molecule has 4 rings (SSSR count). The van der Waals surface area contributed by atoms with Gasteiger partial charge in [0.1, 0.15) is 5.69 Å². The molecule has 3 heteroatoms. The second-order valence-corrected chi connectivity index (χ2v) is 7.50. The van der Waals surface area contributed by atoms with E-state index in [0.717, 1.165) is 16.8 Å². The highest BCUT2D eigenvalue weighted by molar-refractivity contribution is 5.88. The Labute approximate surface area is 153 Å². The number of benzene rings is 3. The third-order valence-electron chi connectivity index (χ3n) is 4.16. The summed E-state index contributed by atoms with van der Waals surface area (Å²) in [7, 11) is 0. The zero-order chi connectivity index (χ0) is 18.1. The van der Waals surface area contributed by atoms with Crippen molar-refractivity contribution in [3.63, 3.8) is 0 Å². The van der Waals surface area contributed by atoms with Gasteiger partial charge in [-0.3, -0.25) is 0 Å². The Morgan fingerprint density at radius 3 is 2.19 bits per heavy atom. The predicted octanol–water partition coefficient (Wildman–Crippen LogP) is 6.37. The average molecular weight is 342 g/mol. The summed E-state index contributed by atoms with van der Waals surface area (Å²) in [5, 5.41) is 5.86. The summed E-state index contributed by atoms with van der Waals surface area (Å²) in [6.45, 7) is 6.34. The first kappa shape index (κ1) is 16.4. The van der Waals surface area contributed by atoms with Crippen LogP contribution in [0.2, 0.25) is 0 Å². The first-order valence-corrected chi connectivity index (χ1v) is 8.83. The molecule has 0 radical (unpaired) electrons. The maximum Gasteiger partial charge on any atom is 0.229 e. The molecular weight excluding hydrogens is 320 g/mol. The number of nitrogens with zero attached hydrogens (tertiary/aromatic N) is 1. The van der Waals surface area contributed by atoms with Crippen molar-refractivity contribution in [1.82, 2.24) is 4.98 Å². The van der Waals surface area contributed by atoms with Crippen molar-refractivity contribution < 1.29 is 4.42 Å². The van der Waals surface area contributed by atoms with E-state index in [2.05, 4.69) is 68.6 Å². The summed E-state index contributed by atoms with van der Waals surface area (Å²) >= 11 is 0. The van der Waals surface area contributed by atoms with Gasteiger partial charge in [-0.15, -0.1) is 0 Å². The maximum absolute atomic E-state index is 6.12. The zero-order valence-corrected chi connectivity index (χ0v) is 15.3. The molecule has 0 unspecified atom stereocenters. The van der Waals surface area contributed by atoms with Crippen LogP contribution < -0.4 is 5.32 Å². The minimum Gasteiger partial charge on any atom is -0.420 e. The van der Waals surface area contributed by atoms with E-state index < -0.39 is 0 Å². The molecule has 0 saturated heterocycles. The van der Waals surface area contributed by atoms with Gasteiger partial charge >= 0.3 is 0 Å². The molecule has 3 aromatic carbocycles. The number of oxazole rings is 1. The van der Waals surface area contributed by atoms with Crippen LogP contribution in [0.25, 0.3) is 33.5 Å². The number of rotatable bonds is 3.